The average Bonchev–Trinajstić information content (AvgIpc) is 2.97. The molecule has 6 heteroatoms. The van der Waals surface area contributed by atoms with E-state index in [1.165, 1.54) is 17.4 Å². The molecule has 0 amide bonds. The second-order valence-electron chi connectivity index (χ2n) is 3.65. The SMILES string of the molecule is Nc1nc(-c2ccco2)c(-c2cc[nH]c(=O)c2)s1. The molecule has 0 atom stereocenters. The van der Waals surface area contributed by atoms with Crippen LogP contribution in [0.1, 0.15) is 0 Å². The summed E-state index contributed by atoms with van der Waals surface area (Å²) >= 11 is 1.33. The van der Waals surface area contributed by atoms with Crippen molar-refractivity contribution in [2.45, 2.75) is 0 Å². The molecule has 0 aliphatic heterocycles. The fraction of sp³-hybridized carbons (Fsp3) is 0. The Morgan fingerprint density at radius 2 is 2.28 bits per heavy atom. The van der Waals surface area contributed by atoms with E-state index < -0.39 is 0 Å². The van der Waals surface area contributed by atoms with Crippen LogP contribution >= 0.6 is 11.3 Å². The lowest BCUT2D eigenvalue weighted by Gasteiger charge is -1.98. The lowest BCUT2D eigenvalue weighted by atomic mass is 10.2. The summed E-state index contributed by atoms with van der Waals surface area (Å²) in [5.41, 5.74) is 7.02. The first-order valence-corrected chi connectivity index (χ1v) is 6.05. The predicted molar refractivity (Wildman–Crippen MR) is 70.3 cm³/mol. The smallest absolute Gasteiger partial charge is 0.248 e. The van der Waals surface area contributed by atoms with E-state index in [1.54, 1.807) is 24.6 Å². The van der Waals surface area contributed by atoms with Crippen LogP contribution in [0, 0.1) is 0 Å². The van der Waals surface area contributed by atoms with Gasteiger partial charge in [0.15, 0.2) is 10.9 Å². The van der Waals surface area contributed by atoms with E-state index in [4.69, 9.17) is 10.2 Å². The number of nitrogens with zero attached hydrogens (tertiary/aromatic N) is 1. The Labute approximate surface area is 106 Å². The minimum absolute atomic E-state index is 0.162. The normalized spacial score (nSPS) is 10.7. The second-order valence-corrected chi connectivity index (χ2v) is 4.68. The van der Waals surface area contributed by atoms with E-state index in [0.29, 0.717) is 16.6 Å². The molecule has 3 rings (SSSR count). The van der Waals surface area contributed by atoms with E-state index in [9.17, 15) is 4.79 Å². The van der Waals surface area contributed by atoms with E-state index in [0.717, 1.165) is 10.4 Å². The zero-order chi connectivity index (χ0) is 12.5. The third-order valence-corrected chi connectivity index (χ3v) is 3.37. The summed E-state index contributed by atoms with van der Waals surface area (Å²) < 4.78 is 5.33. The molecule has 18 heavy (non-hydrogen) atoms. The molecular formula is C12H9N3O2S. The summed E-state index contributed by atoms with van der Waals surface area (Å²) in [6.07, 6.45) is 3.17. The Bertz CT molecular complexity index is 728. The number of nitrogens with two attached hydrogens (primary N) is 1. The molecule has 0 aliphatic carbocycles. The van der Waals surface area contributed by atoms with Crippen LogP contribution < -0.4 is 11.3 Å². The molecule has 0 aliphatic rings. The Hall–Kier alpha value is -2.34. The number of aromatic amines is 1. The van der Waals surface area contributed by atoms with E-state index in [-0.39, 0.29) is 5.56 Å². The number of nitrogens with one attached hydrogen (secondary N) is 1. The maximum atomic E-state index is 11.3. The Morgan fingerprint density at radius 1 is 1.39 bits per heavy atom. The Morgan fingerprint density at radius 3 is 3.00 bits per heavy atom. The van der Waals surface area contributed by atoms with E-state index >= 15 is 0 Å². The summed E-state index contributed by atoms with van der Waals surface area (Å²) in [7, 11) is 0. The minimum atomic E-state index is -0.162. The zero-order valence-electron chi connectivity index (χ0n) is 9.21. The zero-order valence-corrected chi connectivity index (χ0v) is 10.0. The third kappa shape index (κ3) is 1.82. The van der Waals surface area contributed by atoms with Gasteiger partial charge in [0, 0.05) is 17.8 Å². The Balaban J connectivity index is 2.21. The molecule has 0 bridgehead atoms. The van der Waals surface area contributed by atoms with Crippen molar-refractivity contribution >= 4 is 16.5 Å². The van der Waals surface area contributed by atoms with Crippen molar-refractivity contribution in [3.8, 4) is 21.9 Å². The number of anilines is 1. The lowest BCUT2D eigenvalue weighted by molar-refractivity contribution is 0.581. The average molecular weight is 259 g/mol. The summed E-state index contributed by atoms with van der Waals surface area (Å²) in [5.74, 6) is 0.637. The number of furan rings is 1. The Kier molecular flexibility index (Phi) is 2.49. The molecule has 3 aromatic rings. The molecule has 0 radical (unpaired) electrons. The van der Waals surface area contributed by atoms with Crippen LogP contribution in [-0.2, 0) is 0 Å². The molecule has 90 valence electrons. The summed E-state index contributed by atoms with van der Waals surface area (Å²) in [4.78, 5) is 19.0. The van der Waals surface area contributed by atoms with Crippen LogP contribution in [0.4, 0.5) is 5.13 Å². The molecule has 0 saturated heterocycles. The minimum Gasteiger partial charge on any atom is -0.463 e. The van der Waals surface area contributed by atoms with Gasteiger partial charge in [-0.1, -0.05) is 11.3 Å². The number of nitrogen functional groups attached to an aromatic ring is 1. The molecule has 0 unspecified atom stereocenters. The predicted octanol–water partition coefficient (Wildman–Crippen LogP) is 2.34. The van der Waals surface area contributed by atoms with Gasteiger partial charge in [0.25, 0.3) is 0 Å². The van der Waals surface area contributed by atoms with Gasteiger partial charge in [-0.2, -0.15) is 0 Å². The van der Waals surface area contributed by atoms with Gasteiger partial charge in [-0.05, 0) is 18.2 Å². The van der Waals surface area contributed by atoms with Crippen LogP contribution in [0.25, 0.3) is 21.9 Å². The fourth-order valence-electron chi connectivity index (χ4n) is 1.70. The van der Waals surface area contributed by atoms with Gasteiger partial charge >= 0.3 is 0 Å². The first-order chi connectivity index (χ1) is 8.74. The second kappa shape index (κ2) is 4.15. The number of rotatable bonds is 2. The summed E-state index contributed by atoms with van der Waals surface area (Å²) in [5, 5.41) is 0.441. The maximum absolute atomic E-state index is 11.3. The number of pyridine rings is 1. The molecule has 0 saturated carbocycles. The standard InChI is InChI=1S/C12H9N3O2S/c13-12-15-10(8-2-1-5-17-8)11(18-12)7-3-4-14-9(16)6-7/h1-6H,(H2,13,15)(H,14,16). The van der Waals surface area contributed by atoms with Crippen LogP contribution in [0.5, 0.6) is 0 Å². The molecule has 3 N–H and O–H groups in total. The first-order valence-electron chi connectivity index (χ1n) is 5.23. The maximum Gasteiger partial charge on any atom is 0.248 e. The van der Waals surface area contributed by atoms with Crippen LogP contribution in [0.3, 0.4) is 0 Å². The first kappa shape index (κ1) is 10.8. The van der Waals surface area contributed by atoms with Gasteiger partial charge in [-0.15, -0.1) is 0 Å². The van der Waals surface area contributed by atoms with Gasteiger partial charge in [0.1, 0.15) is 5.69 Å². The molecule has 5 nitrogen and oxygen atoms in total. The van der Waals surface area contributed by atoms with Gasteiger partial charge in [0.2, 0.25) is 5.56 Å². The number of H-pyrrole nitrogens is 1. The van der Waals surface area contributed by atoms with Gasteiger partial charge in [0.05, 0.1) is 11.1 Å². The van der Waals surface area contributed by atoms with Gasteiger partial charge in [-0.3, -0.25) is 4.79 Å². The van der Waals surface area contributed by atoms with Crippen molar-refractivity contribution in [2.24, 2.45) is 0 Å². The van der Waals surface area contributed by atoms with Crippen LogP contribution in [0.15, 0.2) is 45.9 Å². The number of hydrogen-bond donors (Lipinski definition) is 2. The van der Waals surface area contributed by atoms with E-state index in [2.05, 4.69) is 9.97 Å². The van der Waals surface area contributed by atoms with Crippen molar-refractivity contribution < 1.29 is 4.42 Å². The molecular weight excluding hydrogens is 250 g/mol. The van der Waals surface area contributed by atoms with Gasteiger partial charge < -0.3 is 15.1 Å². The largest absolute Gasteiger partial charge is 0.463 e. The fourth-order valence-corrected chi connectivity index (χ4v) is 2.53. The molecule has 0 spiro atoms. The van der Waals surface area contributed by atoms with Crippen LogP contribution in [0.2, 0.25) is 0 Å². The van der Waals surface area contributed by atoms with Crippen LogP contribution in [-0.4, -0.2) is 9.97 Å². The van der Waals surface area contributed by atoms with Crippen molar-refractivity contribution in [1.29, 1.82) is 0 Å². The molecule has 0 fully saturated rings. The molecule has 0 aromatic carbocycles. The number of aromatic nitrogens is 2. The summed E-state index contributed by atoms with van der Waals surface area (Å²) in [6, 6.07) is 6.91. The van der Waals surface area contributed by atoms with Crippen molar-refractivity contribution in [3.05, 3.63) is 47.1 Å². The van der Waals surface area contributed by atoms with E-state index in [1.807, 2.05) is 6.07 Å². The molecule has 3 heterocycles. The number of hydrogen-bond acceptors (Lipinski definition) is 5. The highest BCUT2D eigenvalue weighted by molar-refractivity contribution is 7.19. The van der Waals surface area contributed by atoms with Crippen molar-refractivity contribution in [3.63, 3.8) is 0 Å². The third-order valence-electron chi connectivity index (χ3n) is 2.44. The summed E-state index contributed by atoms with van der Waals surface area (Å²) in [6.45, 7) is 0. The monoisotopic (exact) mass is 259 g/mol. The molecule has 3 aromatic heterocycles. The van der Waals surface area contributed by atoms with Gasteiger partial charge in [-0.25, -0.2) is 4.98 Å². The van der Waals surface area contributed by atoms with Crippen molar-refractivity contribution in [2.75, 3.05) is 5.73 Å². The highest BCUT2D eigenvalue weighted by atomic mass is 32.1. The highest BCUT2D eigenvalue weighted by Crippen LogP contribution is 2.37. The topological polar surface area (TPSA) is 84.9 Å². The number of thiazole rings is 1. The quantitative estimate of drug-likeness (QED) is 0.739. The lowest BCUT2D eigenvalue weighted by Crippen LogP contribution is -2.01. The van der Waals surface area contributed by atoms with Crippen molar-refractivity contribution in [1.82, 2.24) is 9.97 Å². The highest BCUT2D eigenvalue weighted by Gasteiger charge is 2.15.